The van der Waals surface area contributed by atoms with Gasteiger partial charge in [-0.15, -0.1) is 0 Å². The summed E-state index contributed by atoms with van der Waals surface area (Å²) >= 11 is 0. The first-order valence-corrected chi connectivity index (χ1v) is 10.5. The van der Waals surface area contributed by atoms with Gasteiger partial charge in [0.1, 0.15) is 17.9 Å². The Labute approximate surface area is 183 Å². The van der Waals surface area contributed by atoms with Crippen molar-refractivity contribution >= 4 is 10.9 Å². The molecule has 4 aromatic rings. The predicted octanol–water partition coefficient (Wildman–Crippen LogP) is 2.08. The predicted molar refractivity (Wildman–Crippen MR) is 121 cm³/mol. The zero-order valence-corrected chi connectivity index (χ0v) is 17.9. The van der Waals surface area contributed by atoms with Gasteiger partial charge in [-0.3, -0.25) is 13.9 Å². The summed E-state index contributed by atoms with van der Waals surface area (Å²) in [6, 6.07) is 15.3. The van der Waals surface area contributed by atoms with Crippen molar-refractivity contribution in [2.24, 2.45) is 14.1 Å². The van der Waals surface area contributed by atoms with E-state index in [0.29, 0.717) is 13.2 Å². The number of ether oxygens (including phenoxy) is 1. The van der Waals surface area contributed by atoms with Crippen molar-refractivity contribution in [3.63, 3.8) is 0 Å². The fraction of sp³-hybridized carbons (Fsp3) is 0.250. The van der Waals surface area contributed by atoms with Crippen LogP contribution in [0.3, 0.4) is 0 Å². The summed E-state index contributed by atoms with van der Waals surface area (Å²) in [6.45, 7) is 1.11. The third-order valence-corrected chi connectivity index (χ3v) is 6.13. The van der Waals surface area contributed by atoms with Crippen molar-refractivity contribution in [3.05, 3.63) is 91.8 Å². The Kier molecular flexibility index (Phi) is 4.86. The highest BCUT2D eigenvalue weighted by atomic mass is 16.5. The first-order valence-electron chi connectivity index (χ1n) is 10.5. The quantitative estimate of drug-likeness (QED) is 0.458. The van der Waals surface area contributed by atoms with Gasteiger partial charge < -0.3 is 20.1 Å². The van der Waals surface area contributed by atoms with Gasteiger partial charge in [-0.25, -0.2) is 4.79 Å². The molecule has 0 amide bonds. The van der Waals surface area contributed by atoms with Gasteiger partial charge >= 0.3 is 5.69 Å². The molecule has 5 rings (SSSR count). The van der Waals surface area contributed by atoms with E-state index >= 15 is 0 Å². The lowest BCUT2D eigenvalue weighted by Crippen LogP contribution is -2.42. The van der Waals surface area contributed by atoms with E-state index in [4.69, 9.17) is 4.74 Å². The topological polar surface area (TPSA) is 101 Å². The Morgan fingerprint density at radius 1 is 1.09 bits per heavy atom. The highest BCUT2D eigenvalue weighted by Crippen LogP contribution is 2.36. The van der Waals surface area contributed by atoms with E-state index in [9.17, 15) is 14.7 Å². The molecule has 2 aromatic carbocycles. The molecule has 8 nitrogen and oxygen atoms in total. The molecule has 164 valence electrons. The number of aromatic nitrogens is 3. The first-order chi connectivity index (χ1) is 15.5. The normalized spacial score (nSPS) is 15.6. The second-order valence-corrected chi connectivity index (χ2v) is 8.08. The second kappa shape index (κ2) is 7.72. The van der Waals surface area contributed by atoms with Gasteiger partial charge in [0.15, 0.2) is 0 Å². The number of aromatic hydroxyl groups is 1. The van der Waals surface area contributed by atoms with Crippen molar-refractivity contribution in [2.75, 3.05) is 6.54 Å². The number of nitrogens with zero attached hydrogens (tertiary/aromatic N) is 2. The fourth-order valence-corrected chi connectivity index (χ4v) is 4.40. The van der Waals surface area contributed by atoms with E-state index in [1.54, 1.807) is 0 Å². The molecule has 2 aromatic heterocycles. The molecular formula is C24H24N4O4. The second-order valence-electron chi connectivity index (χ2n) is 8.08. The molecule has 1 atom stereocenters. The molecule has 0 radical (unpaired) electrons. The zero-order valence-electron chi connectivity index (χ0n) is 17.9. The molecule has 3 N–H and O–H groups in total. The zero-order chi connectivity index (χ0) is 22.4. The lowest BCUT2D eigenvalue weighted by molar-refractivity contribution is 0.306. The van der Waals surface area contributed by atoms with E-state index in [1.165, 1.54) is 14.1 Å². The molecule has 0 fully saturated rings. The van der Waals surface area contributed by atoms with E-state index in [-0.39, 0.29) is 11.4 Å². The van der Waals surface area contributed by atoms with Gasteiger partial charge in [0.25, 0.3) is 5.56 Å². The summed E-state index contributed by atoms with van der Waals surface area (Å²) in [4.78, 5) is 28.4. The summed E-state index contributed by atoms with van der Waals surface area (Å²) in [5.41, 5.74) is 2.99. The van der Waals surface area contributed by atoms with Gasteiger partial charge in [0.2, 0.25) is 5.88 Å². The molecule has 0 aliphatic carbocycles. The minimum atomic E-state index is -0.566. The van der Waals surface area contributed by atoms with Crippen LogP contribution in [-0.4, -0.2) is 25.8 Å². The van der Waals surface area contributed by atoms with Crippen molar-refractivity contribution in [1.29, 1.82) is 0 Å². The minimum absolute atomic E-state index is 0.155. The first kappa shape index (κ1) is 20.1. The number of rotatable bonds is 4. The molecule has 1 aliphatic rings. The maximum Gasteiger partial charge on any atom is 0.333 e. The Bertz CT molecular complexity index is 1430. The van der Waals surface area contributed by atoms with Crippen LogP contribution in [0.25, 0.3) is 10.9 Å². The minimum Gasteiger partial charge on any atom is -0.494 e. The van der Waals surface area contributed by atoms with E-state index in [0.717, 1.165) is 49.0 Å². The average molecular weight is 432 g/mol. The van der Waals surface area contributed by atoms with E-state index in [2.05, 4.69) is 10.3 Å². The summed E-state index contributed by atoms with van der Waals surface area (Å²) in [5.74, 6) is 0.438. The van der Waals surface area contributed by atoms with Gasteiger partial charge in [0.05, 0.1) is 6.04 Å². The van der Waals surface area contributed by atoms with Crippen molar-refractivity contribution in [2.45, 2.75) is 19.1 Å². The van der Waals surface area contributed by atoms with Crippen LogP contribution in [0.2, 0.25) is 0 Å². The average Bonchev–Trinajstić information content (AvgIpc) is 3.20. The van der Waals surface area contributed by atoms with E-state index < -0.39 is 17.3 Å². The Morgan fingerprint density at radius 3 is 2.66 bits per heavy atom. The van der Waals surface area contributed by atoms with Gasteiger partial charge in [-0.1, -0.05) is 30.3 Å². The molecular weight excluding hydrogens is 408 g/mol. The molecule has 0 bridgehead atoms. The van der Waals surface area contributed by atoms with Crippen LogP contribution in [0, 0.1) is 0 Å². The Morgan fingerprint density at radius 2 is 1.88 bits per heavy atom. The summed E-state index contributed by atoms with van der Waals surface area (Å²) in [7, 11) is 2.87. The number of benzene rings is 2. The van der Waals surface area contributed by atoms with Crippen LogP contribution >= 0.6 is 0 Å². The van der Waals surface area contributed by atoms with Crippen LogP contribution in [0.5, 0.6) is 11.6 Å². The standard InChI is InChI=1S/C24H24N4O4/c1-27-22(29)19(23(30)28(2)24(27)31)21-20-16(10-11-25-21)17-12-15(8-9-18(17)26-20)32-13-14-6-4-3-5-7-14/h3-9,12,21,25-26,29H,10-11,13H2,1-2H3. The lowest BCUT2D eigenvalue weighted by atomic mass is 9.95. The summed E-state index contributed by atoms with van der Waals surface area (Å²) in [5, 5.41) is 15.0. The summed E-state index contributed by atoms with van der Waals surface area (Å²) < 4.78 is 8.10. The van der Waals surface area contributed by atoms with Crippen LogP contribution in [0.15, 0.2) is 58.1 Å². The molecule has 1 aliphatic heterocycles. The van der Waals surface area contributed by atoms with Crippen LogP contribution < -0.4 is 21.3 Å². The fourth-order valence-electron chi connectivity index (χ4n) is 4.40. The highest BCUT2D eigenvalue weighted by molar-refractivity contribution is 5.86. The third-order valence-electron chi connectivity index (χ3n) is 6.13. The number of aromatic amines is 1. The van der Waals surface area contributed by atoms with Crippen molar-refractivity contribution < 1.29 is 9.84 Å². The van der Waals surface area contributed by atoms with Crippen LogP contribution in [0.4, 0.5) is 0 Å². The van der Waals surface area contributed by atoms with Gasteiger partial charge in [0, 0.05) is 37.2 Å². The number of nitrogens with one attached hydrogen (secondary N) is 2. The molecule has 32 heavy (non-hydrogen) atoms. The smallest absolute Gasteiger partial charge is 0.333 e. The maximum absolute atomic E-state index is 12.9. The monoisotopic (exact) mass is 432 g/mol. The molecule has 1 unspecified atom stereocenters. The molecule has 0 saturated heterocycles. The SMILES string of the molecule is Cn1c(O)c(C2NCCc3c2[nH]c2ccc(OCc4ccccc4)cc32)c(=O)n(C)c1=O. The van der Waals surface area contributed by atoms with Crippen molar-refractivity contribution in [1.82, 2.24) is 19.4 Å². The van der Waals surface area contributed by atoms with Crippen molar-refractivity contribution in [3.8, 4) is 11.6 Å². The number of H-pyrrole nitrogens is 1. The van der Waals surface area contributed by atoms with Gasteiger partial charge in [-0.05, 0) is 35.7 Å². The molecule has 8 heteroatoms. The Balaban J connectivity index is 1.56. The van der Waals surface area contributed by atoms with E-state index in [1.807, 2.05) is 48.5 Å². The number of hydrogen-bond acceptors (Lipinski definition) is 5. The molecule has 0 spiro atoms. The number of hydrogen-bond donors (Lipinski definition) is 3. The molecule has 0 saturated carbocycles. The molecule has 3 heterocycles. The number of fused-ring (bicyclic) bond motifs is 3. The maximum atomic E-state index is 12.9. The summed E-state index contributed by atoms with van der Waals surface area (Å²) in [6.07, 6.45) is 0.765. The largest absolute Gasteiger partial charge is 0.494 e. The Hall–Kier alpha value is -3.78. The third kappa shape index (κ3) is 3.20. The van der Waals surface area contributed by atoms with Crippen LogP contribution in [0.1, 0.15) is 28.4 Å². The highest BCUT2D eigenvalue weighted by Gasteiger charge is 2.31. The lowest BCUT2D eigenvalue weighted by Gasteiger charge is -2.25. The van der Waals surface area contributed by atoms with Gasteiger partial charge in [-0.2, -0.15) is 0 Å². The van der Waals surface area contributed by atoms with Crippen LogP contribution in [-0.2, 0) is 27.1 Å².